The fraction of sp³-hybridized carbons (Fsp3) is 0.391. The molecule has 4 rings (SSSR count). The van der Waals surface area contributed by atoms with Gasteiger partial charge in [-0.15, -0.1) is 10.2 Å². The molecule has 0 spiro atoms. The highest BCUT2D eigenvalue weighted by Gasteiger charge is 2.26. The average molecular weight is 421 g/mol. The normalized spacial score (nSPS) is 16.6. The number of aryl methyl sites for hydroxylation is 1. The summed E-state index contributed by atoms with van der Waals surface area (Å²) >= 11 is 0. The molecule has 31 heavy (non-hydrogen) atoms. The summed E-state index contributed by atoms with van der Waals surface area (Å²) in [5.41, 5.74) is 2.28. The Bertz CT molecular complexity index is 1130. The van der Waals surface area contributed by atoms with E-state index in [1.165, 1.54) is 17.0 Å². The first-order valence-corrected chi connectivity index (χ1v) is 10.4. The highest BCUT2D eigenvalue weighted by atomic mass is 16.3. The zero-order valence-corrected chi connectivity index (χ0v) is 18.3. The van der Waals surface area contributed by atoms with Crippen LogP contribution >= 0.6 is 0 Å². The molecule has 162 valence electrons. The Morgan fingerprint density at radius 3 is 2.55 bits per heavy atom. The molecule has 2 N–H and O–H groups in total. The summed E-state index contributed by atoms with van der Waals surface area (Å²) in [6.07, 6.45) is 2.53. The summed E-state index contributed by atoms with van der Waals surface area (Å²) in [6, 6.07) is 10.9. The fourth-order valence-corrected chi connectivity index (χ4v) is 3.86. The van der Waals surface area contributed by atoms with E-state index in [-0.39, 0.29) is 16.8 Å². The van der Waals surface area contributed by atoms with Crippen molar-refractivity contribution in [3.05, 3.63) is 53.1 Å². The lowest BCUT2D eigenvalue weighted by Gasteiger charge is -2.26. The van der Waals surface area contributed by atoms with Crippen LogP contribution in [-0.4, -0.2) is 49.5 Å². The van der Waals surface area contributed by atoms with Gasteiger partial charge in [-0.2, -0.15) is 0 Å². The van der Waals surface area contributed by atoms with Crippen LogP contribution < -0.4 is 15.8 Å². The number of benzene rings is 1. The maximum atomic E-state index is 11.9. The lowest BCUT2D eigenvalue weighted by atomic mass is 10.1. The van der Waals surface area contributed by atoms with E-state index in [9.17, 15) is 9.90 Å². The zero-order chi connectivity index (χ0) is 22.2. The second-order valence-corrected chi connectivity index (χ2v) is 9.06. The van der Waals surface area contributed by atoms with E-state index in [2.05, 4.69) is 46.2 Å². The predicted octanol–water partition coefficient (Wildman–Crippen LogP) is 2.58. The number of phenols is 1. The number of hydrogen-bond donors (Lipinski definition) is 2. The average Bonchev–Trinajstić information content (AvgIpc) is 3.17. The molecule has 0 amide bonds. The topological polar surface area (TPSA) is 96.2 Å². The maximum Gasteiger partial charge on any atom is 0.253 e. The molecule has 0 saturated carbocycles. The molecule has 0 radical (unpaired) electrons. The Morgan fingerprint density at radius 2 is 1.90 bits per heavy atom. The van der Waals surface area contributed by atoms with Crippen molar-refractivity contribution in [2.24, 2.45) is 7.05 Å². The second kappa shape index (κ2) is 8.11. The molecule has 1 saturated heterocycles. The van der Waals surface area contributed by atoms with Gasteiger partial charge in [-0.05, 0) is 51.5 Å². The van der Waals surface area contributed by atoms with Gasteiger partial charge in [0.15, 0.2) is 5.82 Å². The van der Waals surface area contributed by atoms with Gasteiger partial charge in [0, 0.05) is 48.9 Å². The molecular weight excluding hydrogens is 392 g/mol. The molecule has 1 fully saturated rings. The first-order chi connectivity index (χ1) is 14.7. The molecule has 1 atom stereocenters. The first-order valence-electron chi connectivity index (χ1n) is 10.4. The predicted molar refractivity (Wildman–Crippen MR) is 121 cm³/mol. The van der Waals surface area contributed by atoms with E-state index in [1.807, 2.05) is 18.2 Å². The van der Waals surface area contributed by atoms with E-state index in [4.69, 9.17) is 0 Å². The van der Waals surface area contributed by atoms with E-state index in [0.717, 1.165) is 25.3 Å². The Hall–Kier alpha value is -3.26. The number of hydrogen-bond acceptors (Lipinski definition) is 7. The van der Waals surface area contributed by atoms with Crippen LogP contribution in [0.25, 0.3) is 22.5 Å². The molecule has 8 nitrogen and oxygen atoms in total. The van der Waals surface area contributed by atoms with E-state index < -0.39 is 0 Å². The van der Waals surface area contributed by atoms with Gasteiger partial charge in [-0.3, -0.25) is 4.79 Å². The number of phenolic OH excluding ortho intramolecular Hbond substituents is 1. The molecule has 3 aromatic rings. The molecule has 3 heterocycles. The standard InChI is InChI=1S/C23H28N6O2/c1-23(2,3)25-16-9-10-29(13-16)21-8-7-18(26-27-21)17-6-5-15(11-20(17)30)19-12-22(31)28(4)14-24-19/h5-8,11-12,14,16,25,30H,9-10,13H2,1-4H3/t16-/m1/s1. The molecular formula is C23H28N6O2. The highest BCUT2D eigenvalue weighted by molar-refractivity contribution is 5.73. The monoisotopic (exact) mass is 420 g/mol. The van der Waals surface area contributed by atoms with Crippen LogP contribution in [0.2, 0.25) is 0 Å². The van der Waals surface area contributed by atoms with Crippen LogP contribution in [0.5, 0.6) is 5.75 Å². The lowest BCUT2D eigenvalue weighted by molar-refractivity contribution is 0.373. The van der Waals surface area contributed by atoms with Crippen molar-refractivity contribution in [1.82, 2.24) is 25.1 Å². The molecule has 8 heteroatoms. The van der Waals surface area contributed by atoms with Gasteiger partial charge in [-0.1, -0.05) is 6.07 Å². The van der Waals surface area contributed by atoms with Crippen LogP contribution in [0.1, 0.15) is 27.2 Å². The largest absolute Gasteiger partial charge is 0.507 e. The number of nitrogens with zero attached hydrogens (tertiary/aromatic N) is 5. The summed E-state index contributed by atoms with van der Waals surface area (Å²) in [6.45, 7) is 8.36. The number of aromatic hydroxyl groups is 1. The summed E-state index contributed by atoms with van der Waals surface area (Å²) < 4.78 is 1.40. The molecule has 0 bridgehead atoms. The van der Waals surface area contributed by atoms with Gasteiger partial charge in [0.1, 0.15) is 5.75 Å². The van der Waals surface area contributed by atoms with Crippen molar-refractivity contribution in [3.8, 4) is 28.3 Å². The molecule has 1 aromatic carbocycles. The smallest absolute Gasteiger partial charge is 0.253 e. The van der Waals surface area contributed by atoms with Gasteiger partial charge in [0.05, 0.1) is 17.7 Å². The third kappa shape index (κ3) is 4.74. The quantitative estimate of drug-likeness (QED) is 0.670. The van der Waals surface area contributed by atoms with Crippen molar-refractivity contribution in [3.63, 3.8) is 0 Å². The lowest BCUT2D eigenvalue weighted by Crippen LogP contribution is -2.45. The van der Waals surface area contributed by atoms with Crippen molar-refractivity contribution < 1.29 is 5.11 Å². The molecule has 2 aromatic heterocycles. The molecule has 1 aliphatic heterocycles. The van der Waals surface area contributed by atoms with Crippen molar-refractivity contribution in [2.75, 3.05) is 18.0 Å². The fourth-order valence-electron chi connectivity index (χ4n) is 3.86. The summed E-state index contributed by atoms with van der Waals surface area (Å²) in [4.78, 5) is 18.3. The highest BCUT2D eigenvalue weighted by Crippen LogP contribution is 2.32. The zero-order valence-electron chi connectivity index (χ0n) is 18.3. The van der Waals surface area contributed by atoms with Crippen LogP contribution in [0, 0.1) is 0 Å². The van der Waals surface area contributed by atoms with Crippen molar-refractivity contribution >= 4 is 5.82 Å². The van der Waals surface area contributed by atoms with E-state index in [0.29, 0.717) is 28.6 Å². The van der Waals surface area contributed by atoms with Crippen molar-refractivity contribution in [2.45, 2.75) is 38.8 Å². The minimum Gasteiger partial charge on any atom is -0.507 e. The summed E-state index contributed by atoms with van der Waals surface area (Å²) in [5.74, 6) is 0.903. The first kappa shape index (κ1) is 21.0. The van der Waals surface area contributed by atoms with Crippen LogP contribution in [-0.2, 0) is 7.05 Å². The number of anilines is 1. The minimum absolute atomic E-state index is 0.0673. The number of nitrogens with one attached hydrogen (secondary N) is 1. The Morgan fingerprint density at radius 1 is 1.10 bits per heavy atom. The second-order valence-electron chi connectivity index (χ2n) is 9.06. The molecule has 0 unspecified atom stereocenters. The van der Waals surface area contributed by atoms with Crippen LogP contribution in [0.3, 0.4) is 0 Å². The van der Waals surface area contributed by atoms with Gasteiger partial charge in [0.25, 0.3) is 5.56 Å². The third-order valence-corrected chi connectivity index (χ3v) is 5.35. The van der Waals surface area contributed by atoms with Crippen LogP contribution in [0.15, 0.2) is 47.5 Å². The van der Waals surface area contributed by atoms with Gasteiger partial charge in [-0.25, -0.2) is 4.98 Å². The Labute approximate surface area is 181 Å². The molecule has 1 aliphatic rings. The third-order valence-electron chi connectivity index (χ3n) is 5.35. The SMILES string of the molecule is Cn1cnc(-c2ccc(-c3ccc(N4CC[C@@H](NC(C)(C)C)C4)nn3)c(O)c2)cc1=O. The number of aromatic nitrogens is 4. The molecule has 0 aliphatic carbocycles. The summed E-state index contributed by atoms with van der Waals surface area (Å²) in [7, 11) is 1.64. The van der Waals surface area contributed by atoms with Gasteiger partial charge >= 0.3 is 0 Å². The Balaban J connectivity index is 1.50. The van der Waals surface area contributed by atoms with E-state index in [1.54, 1.807) is 19.2 Å². The van der Waals surface area contributed by atoms with Crippen LogP contribution in [0.4, 0.5) is 5.82 Å². The van der Waals surface area contributed by atoms with E-state index >= 15 is 0 Å². The maximum absolute atomic E-state index is 11.9. The minimum atomic E-state index is -0.156. The number of rotatable bonds is 4. The van der Waals surface area contributed by atoms with Crippen molar-refractivity contribution in [1.29, 1.82) is 0 Å². The van der Waals surface area contributed by atoms with Gasteiger partial charge in [0.2, 0.25) is 0 Å². The van der Waals surface area contributed by atoms with Gasteiger partial charge < -0.3 is 19.9 Å². The Kier molecular flexibility index (Phi) is 5.49. The summed E-state index contributed by atoms with van der Waals surface area (Å²) in [5, 5.41) is 22.9.